The minimum absolute atomic E-state index is 0.154. The Labute approximate surface area is 156 Å². The molecule has 0 aliphatic heterocycles. The molecule has 0 saturated heterocycles. The third-order valence-corrected chi connectivity index (χ3v) is 4.31. The van der Waals surface area contributed by atoms with Gasteiger partial charge in [0, 0.05) is 5.39 Å². The second kappa shape index (κ2) is 7.59. The predicted octanol–water partition coefficient (Wildman–Crippen LogP) is 4.46. The van der Waals surface area contributed by atoms with Gasteiger partial charge in [-0.15, -0.1) is 0 Å². The monoisotopic (exact) mass is 368 g/mol. The third kappa shape index (κ3) is 3.54. The van der Waals surface area contributed by atoms with E-state index in [4.69, 9.17) is 9.15 Å². The molecule has 0 spiro atoms. The molecule has 0 saturated carbocycles. The van der Waals surface area contributed by atoms with Crippen LogP contribution in [-0.4, -0.2) is 36.1 Å². The molecule has 2 aromatic carbocycles. The molecule has 27 heavy (non-hydrogen) atoms. The van der Waals surface area contributed by atoms with E-state index >= 15 is 0 Å². The average molecular weight is 368 g/mol. The van der Waals surface area contributed by atoms with Crippen LogP contribution in [-0.2, 0) is 4.74 Å². The minimum Gasteiger partial charge on any atom is -0.443 e. The highest BCUT2D eigenvalue weighted by Crippen LogP contribution is 2.41. The zero-order chi connectivity index (χ0) is 19.6. The summed E-state index contributed by atoms with van der Waals surface area (Å²) in [6, 6.07) is 13.9. The van der Waals surface area contributed by atoms with Crippen molar-refractivity contribution in [2.24, 2.45) is 0 Å². The number of para-hydroxylation sites is 1. The molecule has 1 unspecified atom stereocenters. The largest absolute Gasteiger partial charge is 0.443 e. The summed E-state index contributed by atoms with van der Waals surface area (Å²) in [6.45, 7) is 1.91. The van der Waals surface area contributed by atoms with E-state index in [0.29, 0.717) is 22.9 Å². The van der Waals surface area contributed by atoms with Gasteiger partial charge in [-0.25, -0.2) is 4.79 Å². The van der Waals surface area contributed by atoms with Gasteiger partial charge < -0.3 is 9.15 Å². The molecule has 3 rings (SSSR count). The smallest absolute Gasteiger partial charge is 0.442 e. The van der Waals surface area contributed by atoms with Gasteiger partial charge in [0.2, 0.25) is 0 Å². The van der Waals surface area contributed by atoms with Crippen molar-refractivity contribution in [2.75, 3.05) is 14.1 Å². The van der Waals surface area contributed by atoms with Crippen molar-refractivity contribution < 1.29 is 18.9 Å². The van der Waals surface area contributed by atoms with Crippen molar-refractivity contribution in [2.45, 2.75) is 19.6 Å². The number of rotatable bonds is 6. The molecule has 1 aromatic heterocycles. The van der Waals surface area contributed by atoms with Crippen molar-refractivity contribution in [3.8, 4) is 11.1 Å². The Morgan fingerprint density at radius 1 is 1.19 bits per heavy atom. The van der Waals surface area contributed by atoms with Gasteiger partial charge >= 0.3 is 11.9 Å². The summed E-state index contributed by atoms with van der Waals surface area (Å²) in [5.74, 6) is -0.972. The van der Waals surface area contributed by atoms with Crippen LogP contribution >= 0.6 is 0 Å². The lowest BCUT2D eigenvalue weighted by atomic mass is 10.0. The van der Waals surface area contributed by atoms with Crippen molar-refractivity contribution >= 4 is 22.8 Å². The first-order valence-electron chi connectivity index (χ1n) is 8.56. The van der Waals surface area contributed by atoms with Crippen LogP contribution in [0.5, 0.6) is 0 Å². The Bertz CT molecular complexity index is 979. The fourth-order valence-corrected chi connectivity index (χ4v) is 3.02. The van der Waals surface area contributed by atoms with Gasteiger partial charge in [0.25, 0.3) is 0 Å². The van der Waals surface area contributed by atoms with Crippen LogP contribution in [0.2, 0.25) is 0 Å². The molecule has 1 atom stereocenters. The van der Waals surface area contributed by atoms with Crippen LogP contribution in [0.15, 0.2) is 52.9 Å². The molecule has 0 radical (unpaired) electrons. The van der Waals surface area contributed by atoms with Crippen molar-refractivity contribution in [3.05, 3.63) is 64.2 Å². The molecular weight excluding hydrogens is 348 g/mol. The maximum atomic E-state index is 12.7. The summed E-state index contributed by atoms with van der Waals surface area (Å²) >= 11 is 0. The highest BCUT2D eigenvalue weighted by atomic mass is 16.6. The summed E-state index contributed by atoms with van der Waals surface area (Å²) < 4.78 is 11.1. The molecule has 0 N–H and O–H groups in total. The molecule has 0 amide bonds. The van der Waals surface area contributed by atoms with Gasteiger partial charge in [0.15, 0.2) is 11.8 Å². The average Bonchev–Trinajstić information content (AvgIpc) is 3.06. The molecular formula is C20H20N2O5. The molecule has 1 heterocycles. The van der Waals surface area contributed by atoms with E-state index in [9.17, 15) is 14.9 Å². The van der Waals surface area contributed by atoms with Crippen LogP contribution < -0.4 is 0 Å². The Kier molecular flexibility index (Phi) is 5.23. The Morgan fingerprint density at radius 3 is 2.48 bits per heavy atom. The van der Waals surface area contributed by atoms with Crippen LogP contribution in [0.1, 0.15) is 23.7 Å². The number of nitrogens with zero attached hydrogens (tertiary/aromatic N) is 2. The van der Waals surface area contributed by atoms with Gasteiger partial charge in [-0.05, 0) is 32.1 Å². The predicted molar refractivity (Wildman–Crippen MR) is 101 cm³/mol. The molecule has 0 aliphatic rings. The molecule has 7 nitrogen and oxygen atoms in total. The van der Waals surface area contributed by atoms with Gasteiger partial charge in [0.05, 0.1) is 0 Å². The molecule has 7 heteroatoms. The number of nitro groups is 1. The molecule has 0 aliphatic carbocycles. The normalized spacial score (nSPS) is 12.3. The van der Waals surface area contributed by atoms with Crippen LogP contribution in [0.4, 0.5) is 5.88 Å². The van der Waals surface area contributed by atoms with Crippen LogP contribution in [0.3, 0.4) is 0 Å². The van der Waals surface area contributed by atoms with Gasteiger partial charge in [0.1, 0.15) is 16.1 Å². The maximum Gasteiger partial charge on any atom is 0.442 e. The summed E-state index contributed by atoms with van der Waals surface area (Å²) in [6.07, 6.45) is 0.216. The van der Waals surface area contributed by atoms with E-state index in [-0.39, 0.29) is 11.1 Å². The number of carbonyl (C=O) groups is 1. The first kappa shape index (κ1) is 18.6. The van der Waals surface area contributed by atoms with Gasteiger partial charge in [-0.3, -0.25) is 15.0 Å². The van der Waals surface area contributed by atoms with Crippen LogP contribution in [0.25, 0.3) is 22.1 Å². The summed E-state index contributed by atoms with van der Waals surface area (Å²) in [5, 5.41) is 12.0. The fourth-order valence-electron chi connectivity index (χ4n) is 3.02. The number of hydrogen-bond donors (Lipinski definition) is 0. The number of esters is 1. The zero-order valence-electron chi connectivity index (χ0n) is 15.3. The van der Waals surface area contributed by atoms with E-state index in [1.54, 1.807) is 47.4 Å². The second-order valence-corrected chi connectivity index (χ2v) is 6.32. The molecule has 0 bridgehead atoms. The van der Waals surface area contributed by atoms with Crippen molar-refractivity contribution in [3.63, 3.8) is 0 Å². The lowest BCUT2D eigenvalue weighted by Gasteiger charge is -2.22. The number of hydrogen-bond acceptors (Lipinski definition) is 6. The molecule has 0 fully saturated rings. The third-order valence-electron chi connectivity index (χ3n) is 4.31. The number of benzene rings is 2. The molecule has 3 aromatic rings. The topological polar surface area (TPSA) is 85.8 Å². The lowest BCUT2D eigenvalue weighted by molar-refractivity contribution is -0.400. The van der Waals surface area contributed by atoms with Crippen molar-refractivity contribution in [1.29, 1.82) is 0 Å². The van der Waals surface area contributed by atoms with Crippen LogP contribution in [0, 0.1) is 10.1 Å². The van der Waals surface area contributed by atoms with E-state index in [1.165, 1.54) is 0 Å². The summed E-state index contributed by atoms with van der Waals surface area (Å²) in [4.78, 5) is 25.4. The maximum absolute atomic E-state index is 12.7. The van der Waals surface area contributed by atoms with E-state index in [0.717, 1.165) is 0 Å². The first-order chi connectivity index (χ1) is 12.9. The molecule has 140 valence electrons. The highest BCUT2D eigenvalue weighted by molar-refractivity contribution is 6.08. The Balaban J connectivity index is 2.15. The SMILES string of the molecule is CCC(OC(=O)c1cccc2c(-c3ccccc3)c([N+](=O)[O-])oc12)N(C)C. The number of ether oxygens (including phenoxy) is 1. The minimum atomic E-state index is -0.579. The number of carbonyl (C=O) groups excluding carboxylic acids is 1. The lowest BCUT2D eigenvalue weighted by Crippen LogP contribution is -2.32. The number of furan rings is 1. The fraction of sp³-hybridized carbons (Fsp3) is 0.250. The number of fused-ring (bicyclic) bond motifs is 1. The van der Waals surface area contributed by atoms with E-state index in [1.807, 2.05) is 27.1 Å². The summed E-state index contributed by atoms with van der Waals surface area (Å²) in [5.41, 5.74) is 1.32. The van der Waals surface area contributed by atoms with Crippen molar-refractivity contribution in [1.82, 2.24) is 4.90 Å². The van der Waals surface area contributed by atoms with E-state index < -0.39 is 23.0 Å². The van der Waals surface area contributed by atoms with Gasteiger partial charge in [-0.2, -0.15) is 0 Å². The highest BCUT2D eigenvalue weighted by Gasteiger charge is 2.29. The Hall–Kier alpha value is -3.19. The first-order valence-corrected chi connectivity index (χ1v) is 8.56. The second-order valence-electron chi connectivity index (χ2n) is 6.32. The van der Waals surface area contributed by atoms with E-state index in [2.05, 4.69) is 0 Å². The summed E-state index contributed by atoms with van der Waals surface area (Å²) in [7, 11) is 3.63. The zero-order valence-corrected chi connectivity index (χ0v) is 15.3. The standard InChI is InChI=1S/C20H20N2O5/c1-4-16(21(2)3)26-20(23)15-12-8-11-14-17(13-9-6-5-7-10-13)19(22(24)25)27-18(14)15/h5-12,16H,4H2,1-3H3. The quantitative estimate of drug-likeness (QED) is 0.276. The van der Waals surface area contributed by atoms with Gasteiger partial charge in [-0.1, -0.05) is 49.4 Å². The Morgan fingerprint density at radius 2 is 1.89 bits per heavy atom.